The molecular formula is C11H16BrN3O. The lowest BCUT2D eigenvalue weighted by Crippen LogP contribution is -2.34. The summed E-state index contributed by atoms with van der Waals surface area (Å²) in [7, 11) is 0. The van der Waals surface area contributed by atoms with Gasteiger partial charge in [-0.25, -0.2) is 0 Å². The number of rotatable bonds is 6. The van der Waals surface area contributed by atoms with Gasteiger partial charge >= 0.3 is 0 Å². The minimum absolute atomic E-state index is 0.0268. The average Bonchev–Trinajstić information content (AvgIpc) is 2.29. The Bertz CT molecular complexity index is 327. The third-order valence-corrected chi connectivity index (χ3v) is 2.42. The zero-order valence-corrected chi connectivity index (χ0v) is 10.9. The van der Waals surface area contributed by atoms with Crippen LogP contribution in [0.25, 0.3) is 0 Å². The lowest BCUT2D eigenvalue weighted by molar-refractivity contribution is -0.120. The zero-order valence-electron chi connectivity index (χ0n) is 9.29. The smallest absolute Gasteiger partial charge is 0.233 e. The van der Waals surface area contributed by atoms with Crippen LogP contribution in [0.3, 0.4) is 0 Å². The van der Waals surface area contributed by atoms with Crippen LogP contribution in [0.5, 0.6) is 0 Å². The van der Waals surface area contributed by atoms with Crippen molar-refractivity contribution in [3.05, 3.63) is 28.5 Å². The molecule has 0 saturated heterocycles. The molecule has 0 radical (unpaired) electrons. The van der Waals surface area contributed by atoms with E-state index in [0.29, 0.717) is 13.1 Å². The Morgan fingerprint density at radius 1 is 1.50 bits per heavy atom. The average molecular weight is 286 g/mol. The third-order valence-electron chi connectivity index (χ3n) is 1.95. The van der Waals surface area contributed by atoms with Crippen LogP contribution < -0.4 is 10.6 Å². The second-order valence-corrected chi connectivity index (χ2v) is 4.34. The van der Waals surface area contributed by atoms with E-state index in [-0.39, 0.29) is 5.91 Å². The van der Waals surface area contributed by atoms with Gasteiger partial charge in [0.05, 0.1) is 12.2 Å². The summed E-state index contributed by atoms with van der Waals surface area (Å²) < 4.78 is 0.955. The summed E-state index contributed by atoms with van der Waals surface area (Å²) in [6, 6.07) is 3.85. The molecule has 1 amide bonds. The predicted molar refractivity (Wildman–Crippen MR) is 66.9 cm³/mol. The lowest BCUT2D eigenvalue weighted by atomic mass is 10.3. The van der Waals surface area contributed by atoms with E-state index in [1.807, 2.05) is 19.1 Å². The molecule has 16 heavy (non-hydrogen) atoms. The molecule has 0 atom stereocenters. The molecule has 4 nitrogen and oxygen atoms in total. The van der Waals surface area contributed by atoms with Crippen molar-refractivity contribution in [3.63, 3.8) is 0 Å². The molecule has 1 aromatic rings. The van der Waals surface area contributed by atoms with Crippen LogP contribution in [0.2, 0.25) is 0 Å². The number of nitrogens with zero attached hydrogens (tertiary/aromatic N) is 1. The van der Waals surface area contributed by atoms with Gasteiger partial charge in [0, 0.05) is 23.8 Å². The molecule has 5 heteroatoms. The SMILES string of the molecule is CCCNC(=O)CNCc1ccc(Br)cn1. The van der Waals surface area contributed by atoms with Crippen molar-refractivity contribution in [2.24, 2.45) is 0 Å². The zero-order chi connectivity index (χ0) is 11.8. The molecule has 1 rings (SSSR count). The molecule has 0 saturated carbocycles. The van der Waals surface area contributed by atoms with E-state index in [0.717, 1.165) is 23.1 Å². The number of hydrogen-bond donors (Lipinski definition) is 2. The van der Waals surface area contributed by atoms with Gasteiger partial charge in [0.2, 0.25) is 5.91 Å². The van der Waals surface area contributed by atoms with Gasteiger partial charge in [-0.3, -0.25) is 9.78 Å². The number of carbonyl (C=O) groups excluding carboxylic acids is 1. The highest BCUT2D eigenvalue weighted by molar-refractivity contribution is 9.10. The number of pyridine rings is 1. The maximum Gasteiger partial charge on any atom is 0.233 e. The van der Waals surface area contributed by atoms with Gasteiger partial charge in [-0.2, -0.15) is 0 Å². The van der Waals surface area contributed by atoms with Gasteiger partial charge in [0.15, 0.2) is 0 Å². The fourth-order valence-electron chi connectivity index (χ4n) is 1.14. The number of amides is 1. The summed E-state index contributed by atoms with van der Waals surface area (Å²) in [5.41, 5.74) is 0.923. The Morgan fingerprint density at radius 2 is 2.31 bits per heavy atom. The van der Waals surface area contributed by atoms with Crippen molar-refractivity contribution in [3.8, 4) is 0 Å². The highest BCUT2D eigenvalue weighted by Crippen LogP contribution is 2.06. The van der Waals surface area contributed by atoms with Gasteiger partial charge in [0.1, 0.15) is 0 Å². The van der Waals surface area contributed by atoms with E-state index in [2.05, 4.69) is 31.5 Å². The number of carbonyl (C=O) groups is 1. The van der Waals surface area contributed by atoms with E-state index in [4.69, 9.17) is 0 Å². The molecule has 0 aliphatic carbocycles. The van der Waals surface area contributed by atoms with Crippen molar-refractivity contribution < 1.29 is 4.79 Å². The highest BCUT2D eigenvalue weighted by Gasteiger charge is 1.99. The molecule has 1 heterocycles. The number of aromatic nitrogens is 1. The number of hydrogen-bond acceptors (Lipinski definition) is 3. The highest BCUT2D eigenvalue weighted by atomic mass is 79.9. The standard InChI is InChI=1S/C11H16BrN3O/c1-2-5-14-11(16)8-13-7-10-4-3-9(12)6-15-10/h3-4,6,13H,2,5,7-8H2,1H3,(H,14,16). The molecular weight excluding hydrogens is 270 g/mol. The van der Waals surface area contributed by atoms with E-state index in [9.17, 15) is 4.79 Å². The third kappa shape index (κ3) is 5.23. The molecule has 88 valence electrons. The van der Waals surface area contributed by atoms with E-state index >= 15 is 0 Å². The Labute approximate surface area is 104 Å². The Kier molecular flexibility index (Phi) is 6.03. The molecule has 0 aliphatic heterocycles. The van der Waals surface area contributed by atoms with Crippen molar-refractivity contribution in [2.75, 3.05) is 13.1 Å². The van der Waals surface area contributed by atoms with E-state index in [1.54, 1.807) is 6.20 Å². The van der Waals surface area contributed by atoms with Crippen LogP contribution in [0, 0.1) is 0 Å². The molecule has 0 fully saturated rings. The first-order valence-corrected chi connectivity index (χ1v) is 6.09. The van der Waals surface area contributed by atoms with Gasteiger partial charge in [-0.15, -0.1) is 0 Å². The van der Waals surface area contributed by atoms with Crippen LogP contribution in [0.15, 0.2) is 22.8 Å². The quantitative estimate of drug-likeness (QED) is 0.832. The van der Waals surface area contributed by atoms with Gasteiger partial charge in [-0.05, 0) is 34.5 Å². The summed E-state index contributed by atoms with van der Waals surface area (Å²) in [5, 5.41) is 5.84. The summed E-state index contributed by atoms with van der Waals surface area (Å²) in [4.78, 5) is 15.4. The van der Waals surface area contributed by atoms with Gasteiger partial charge in [0.25, 0.3) is 0 Å². The Morgan fingerprint density at radius 3 is 2.94 bits per heavy atom. The summed E-state index contributed by atoms with van der Waals surface area (Å²) >= 11 is 3.32. The lowest BCUT2D eigenvalue weighted by Gasteiger charge is -2.05. The van der Waals surface area contributed by atoms with Crippen molar-refractivity contribution >= 4 is 21.8 Å². The van der Waals surface area contributed by atoms with E-state index in [1.165, 1.54) is 0 Å². The first kappa shape index (κ1) is 13.1. The maximum absolute atomic E-state index is 11.2. The van der Waals surface area contributed by atoms with Crippen molar-refractivity contribution in [2.45, 2.75) is 19.9 Å². The second-order valence-electron chi connectivity index (χ2n) is 3.42. The molecule has 0 aliphatic rings. The molecule has 0 unspecified atom stereocenters. The fraction of sp³-hybridized carbons (Fsp3) is 0.455. The molecule has 2 N–H and O–H groups in total. The monoisotopic (exact) mass is 285 g/mol. The molecule has 1 aromatic heterocycles. The fourth-order valence-corrected chi connectivity index (χ4v) is 1.38. The predicted octanol–water partition coefficient (Wildman–Crippen LogP) is 1.46. The number of nitrogens with one attached hydrogen (secondary N) is 2. The molecule has 0 spiro atoms. The summed E-state index contributed by atoms with van der Waals surface area (Å²) in [5.74, 6) is 0.0268. The largest absolute Gasteiger partial charge is 0.355 e. The summed E-state index contributed by atoms with van der Waals surface area (Å²) in [6.45, 7) is 3.70. The van der Waals surface area contributed by atoms with Crippen LogP contribution in [0.4, 0.5) is 0 Å². The van der Waals surface area contributed by atoms with Gasteiger partial charge < -0.3 is 10.6 Å². The molecule has 0 bridgehead atoms. The molecule has 0 aromatic carbocycles. The maximum atomic E-state index is 11.2. The minimum Gasteiger partial charge on any atom is -0.355 e. The normalized spacial score (nSPS) is 10.1. The summed E-state index contributed by atoms with van der Waals surface area (Å²) in [6.07, 6.45) is 2.70. The van der Waals surface area contributed by atoms with Crippen molar-refractivity contribution in [1.29, 1.82) is 0 Å². The minimum atomic E-state index is 0.0268. The van der Waals surface area contributed by atoms with E-state index < -0.39 is 0 Å². The first-order chi connectivity index (χ1) is 7.72. The number of halogens is 1. The Hall–Kier alpha value is -0.940. The van der Waals surface area contributed by atoms with Crippen LogP contribution >= 0.6 is 15.9 Å². The van der Waals surface area contributed by atoms with Crippen LogP contribution in [-0.2, 0) is 11.3 Å². The van der Waals surface area contributed by atoms with Crippen LogP contribution in [0.1, 0.15) is 19.0 Å². The second kappa shape index (κ2) is 7.35. The Balaban J connectivity index is 2.20. The first-order valence-electron chi connectivity index (χ1n) is 5.30. The van der Waals surface area contributed by atoms with Crippen LogP contribution in [-0.4, -0.2) is 24.0 Å². The topological polar surface area (TPSA) is 54.0 Å². The van der Waals surface area contributed by atoms with Gasteiger partial charge in [-0.1, -0.05) is 6.92 Å². The van der Waals surface area contributed by atoms with Crippen molar-refractivity contribution in [1.82, 2.24) is 15.6 Å².